The van der Waals surface area contributed by atoms with Crippen molar-refractivity contribution in [1.82, 2.24) is 4.98 Å². The molecule has 1 heterocycles. The molecule has 1 amide bonds. The van der Waals surface area contributed by atoms with E-state index in [1.165, 1.54) is 24.4 Å². The Balaban J connectivity index is 2.18. The Kier molecular flexibility index (Phi) is 3.18. The molecule has 0 spiro atoms. The third-order valence-corrected chi connectivity index (χ3v) is 2.22. The van der Waals surface area contributed by atoms with Crippen LogP contribution in [0, 0.1) is 11.6 Å². The molecule has 2 rings (SSSR count). The van der Waals surface area contributed by atoms with E-state index < -0.39 is 17.5 Å². The van der Waals surface area contributed by atoms with Gasteiger partial charge in [-0.1, -0.05) is 0 Å². The van der Waals surface area contributed by atoms with E-state index in [4.69, 9.17) is 0 Å². The summed E-state index contributed by atoms with van der Waals surface area (Å²) in [6.45, 7) is 0. The van der Waals surface area contributed by atoms with Crippen LogP contribution in [0.5, 0.6) is 0 Å². The van der Waals surface area contributed by atoms with Crippen LogP contribution in [0.15, 0.2) is 41.3 Å². The second-order valence-electron chi connectivity index (χ2n) is 3.52. The number of H-pyrrole nitrogens is 1. The Hall–Kier alpha value is -2.50. The standard InChI is InChI=1S/C12H8F2N2O2/c13-9-3-2-8(5-10(9)14)16-12(18)7-1-4-11(17)15-6-7/h1-6H,(H,15,17)(H,16,18). The van der Waals surface area contributed by atoms with Gasteiger partial charge in [-0.3, -0.25) is 9.59 Å². The van der Waals surface area contributed by atoms with Gasteiger partial charge in [0.25, 0.3) is 5.91 Å². The summed E-state index contributed by atoms with van der Waals surface area (Å²) in [6, 6.07) is 5.55. The number of hydrogen-bond acceptors (Lipinski definition) is 2. The van der Waals surface area contributed by atoms with E-state index in [2.05, 4.69) is 10.3 Å². The highest BCUT2D eigenvalue weighted by Gasteiger charge is 2.08. The molecule has 1 aromatic carbocycles. The summed E-state index contributed by atoms with van der Waals surface area (Å²) >= 11 is 0. The van der Waals surface area contributed by atoms with E-state index in [0.29, 0.717) is 0 Å². The summed E-state index contributed by atoms with van der Waals surface area (Å²) in [5.74, 6) is -2.57. The van der Waals surface area contributed by atoms with Gasteiger partial charge in [0.2, 0.25) is 5.56 Å². The number of carbonyl (C=O) groups excluding carboxylic acids is 1. The zero-order valence-electron chi connectivity index (χ0n) is 9.04. The van der Waals surface area contributed by atoms with Crippen molar-refractivity contribution < 1.29 is 13.6 Å². The third-order valence-electron chi connectivity index (χ3n) is 2.22. The molecule has 0 radical (unpaired) electrons. The number of carbonyl (C=O) groups is 1. The monoisotopic (exact) mass is 250 g/mol. The minimum absolute atomic E-state index is 0.130. The van der Waals surface area contributed by atoms with Crippen molar-refractivity contribution in [2.24, 2.45) is 0 Å². The van der Waals surface area contributed by atoms with Crippen molar-refractivity contribution >= 4 is 11.6 Å². The maximum Gasteiger partial charge on any atom is 0.257 e. The van der Waals surface area contributed by atoms with Crippen molar-refractivity contribution in [3.8, 4) is 0 Å². The average molecular weight is 250 g/mol. The molecular formula is C12H8F2N2O2. The molecule has 0 saturated heterocycles. The van der Waals surface area contributed by atoms with E-state index in [9.17, 15) is 18.4 Å². The van der Waals surface area contributed by atoms with Crippen LogP contribution in [0.1, 0.15) is 10.4 Å². The first-order chi connectivity index (χ1) is 8.56. The van der Waals surface area contributed by atoms with Gasteiger partial charge in [0.15, 0.2) is 11.6 Å². The van der Waals surface area contributed by atoms with Crippen molar-refractivity contribution in [3.63, 3.8) is 0 Å². The molecule has 0 aliphatic heterocycles. The minimum Gasteiger partial charge on any atom is -0.328 e. The Morgan fingerprint density at radius 1 is 1.11 bits per heavy atom. The molecule has 0 saturated carbocycles. The van der Waals surface area contributed by atoms with Crippen LogP contribution in [0.4, 0.5) is 14.5 Å². The predicted molar refractivity (Wildman–Crippen MR) is 61.4 cm³/mol. The number of nitrogens with one attached hydrogen (secondary N) is 2. The molecule has 6 heteroatoms. The lowest BCUT2D eigenvalue weighted by Gasteiger charge is -2.05. The summed E-state index contributed by atoms with van der Waals surface area (Å²) in [4.78, 5) is 24.8. The molecule has 0 aliphatic carbocycles. The first-order valence-corrected chi connectivity index (χ1v) is 5.01. The summed E-state index contributed by atoms with van der Waals surface area (Å²) in [7, 11) is 0. The van der Waals surface area contributed by atoms with Gasteiger partial charge in [-0.25, -0.2) is 8.78 Å². The fourth-order valence-corrected chi connectivity index (χ4v) is 1.33. The highest BCUT2D eigenvalue weighted by Crippen LogP contribution is 2.13. The van der Waals surface area contributed by atoms with Gasteiger partial charge < -0.3 is 10.3 Å². The quantitative estimate of drug-likeness (QED) is 0.855. The Labute approximate surface area is 100 Å². The minimum atomic E-state index is -1.05. The molecule has 4 nitrogen and oxygen atoms in total. The number of amides is 1. The number of aromatic nitrogens is 1. The molecular weight excluding hydrogens is 242 g/mol. The fraction of sp³-hybridized carbons (Fsp3) is 0. The zero-order valence-corrected chi connectivity index (χ0v) is 9.04. The Morgan fingerprint density at radius 3 is 2.50 bits per heavy atom. The van der Waals surface area contributed by atoms with Crippen LogP contribution in [0.3, 0.4) is 0 Å². The van der Waals surface area contributed by atoms with Crippen LogP contribution in [-0.4, -0.2) is 10.9 Å². The average Bonchev–Trinajstić information content (AvgIpc) is 2.34. The molecule has 0 bridgehead atoms. The summed E-state index contributed by atoms with van der Waals surface area (Å²) in [6.07, 6.45) is 1.23. The lowest BCUT2D eigenvalue weighted by Crippen LogP contribution is -2.14. The normalized spacial score (nSPS) is 10.1. The van der Waals surface area contributed by atoms with E-state index in [0.717, 1.165) is 12.1 Å². The summed E-state index contributed by atoms with van der Waals surface area (Å²) < 4.78 is 25.6. The number of benzene rings is 1. The highest BCUT2D eigenvalue weighted by molar-refractivity contribution is 6.03. The van der Waals surface area contributed by atoms with E-state index in [-0.39, 0.29) is 16.8 Å². The number of hydrogen-bond donors (Lipinski definition) is 2. The molecule has 2 N–H and O–H groups in total. The van der Waals surface area contributed by atoms with Crippen LogP contribution in [0.2, 0.25) is 0 Å². The molecule has 1 aromatic heterocycles. The predicted octanol–water partition coefficient (Wildman–Crippen LogP) is 1.91. The maximum atomic E-state index is 12.9. The van der Waals surface area contributed by atoms with Crippen molar-refractivity contribution in [2.45, 2.75) is 0 Å². The number of halogens is 2. The molecule has 0 fully saturated rings. The molecule has 18 heavy (non-hydrogen) atoms. The number of aromatic amines is 1. The largest absolute Gasteiger partial charge is 0.328 e. The third kappa shape index (κ3) is 2.60. The second kappa shape index (κ2) is 4.79. The SMILES string of the molecule is O=C(Nc1ccc(F)c(F)c1)c1ccc(=O)[nH]c1. The van der Waals surface area contributed by atoms with Gasteiger partial charge in [-0.15, -0.1) is 0 Å². The maximum absolute atomic E-state index is 12.9. The first kappa shape index (κ1) is 12.0. The van der Waals surface area contributed by atoms with E-state index in [1.54, 1.807) is 0 Å². The van der Waals surface area contributed by atoms with Crippen molar-refractivity contribution in [2.75, 3.05) is 5.32 Å². The topological polar surface area (TPSA) is 62.0 Å². The van der Waals surface area contributed by atoms with Crippen LogP contribution in [0.25, 0.3) is 0 Å². The number of anilines is 1. The molecule has 0 atom stereocenters. The number of pyridine rings is 1. The second-order valence-corrected chi connectivity index (χ2v) is 3.52. The van der Waals surface area contributed by atoms with Crippen LogP contribution < -0.4 is 10.9 Å². The van der Waals surface area contributed by atoms with Crippen LogP contribution in [-0.2, 0) is 0 Å². The zero-order chi connectivity index (χ0) is 13.1. The molecule has 92 valence electrons. The smallest absolute Gasteiger partial charge is 0.257 e. The van der Waals surface area contributed by atoms with Crippen LogP contribution >= 0.6 is 0 Å². The Morgan fingerprint density at radius 2 is 1.89 bits per heavy atom. The van der Waals surface area contributed by atoms with E-state index in [1.807, 2.05) is 0 Å². The lowest BCUT2D eigenvalue weighted by molar-refractivity contribution is 0.102. The summed E-state index contributed by atoms with van der Waals surface area (Å²) in [5, 5.41) is 2.38. The Bertz CT molecular complexity index is 632. The van der Waals surface area contributed by atoms with Crippen molar-refractivity contribution in [1.29, 1.82) is 0 Å². The van der Waals surface area contributed by atoms with Gasteiger partial charge in [0, 0.05) is 24.0 Å². The molecule has 0 aliphatic rings. The molecule has 0 unspecified atom stereocenters. The van der Waals surface area contributed by atoms with Gasteiger partial charge in [-0.2, -0.15) is 0 Å². The number of rotatable bonds is 2. The van der Waals surface area contributed by atoms with Gasteiger partial charge >= 0.3 is 0 Å². The summed E-state index contributed by atoms with van der Waals surface area (Å²) in [5.41, 5.74) is 0.00353. The van der Waals surface area contributed by atoms with Gasteiger partial charge in [0.1, 0.15) is 0 Å². The van der Waals surface area contributed by atoms with Gasteiger partial charge in [-0.05, 0) is 18.2 Å². The van der Waals surface area contributed by atoms with E-state index >= 15 is 0 Å². The molecule has 2 aromatic rings. The lowest BCUT2D eigenvalue weighted by atomic mass is 10.2. The first-order valence-electron chi connectivity index (χ1n) is 5.01. The van der Waals surface area contributed by atoms with Crippen molar-refractivity contribution in [3.05, 3.63) is 64.1 Å². The highest BCUT2D eigenvalue weighted by atomic mass is 19.2. The fourth-order valence-electron chi connectivity index (χ4n) is 1.33. The van der Waals surface area contributed by atoms with Gasteiger partial charge in [0.05, 0.1) is 5.56 Å².